The number of hydrogen-bond acceptors (Lipinski definition) is 12. The van der Waals surface area contributed by atoms with Crippen LogP contribution >= 0.6 is 8.17 Å². The van der Waals surface area contributed by atoms with Crippen LogP contribution in [0.2, 0.25) is 0 Å². The number of methoxy groups -OCH3 is 1. The van der Waals surface area contributed by atoms with Crippen molar-refractivity contribution in [3.63, 3.8) is 0 Å². The summed E-state index contributed by atoms with van der Waals surface area (Å²) in [5.41, 5.74) is -1.29. The van der Waals surface area contributed by atoms with Crippen molar-refractivity contribution in [2.45, 2.75) is 50.4 Å². The van der Waals surface area contributed by atoms with E-state index in [2.05, 4.69) is 29.3 Å². The van der Waals surface area contributed by atoms with E-state index in [1.165, 1.54) is 44.2 Å². The van der Waals surface area contributed by atoms with Gasteiger partial charge in [0.25, 0.3) is 0 Å². The maximum absolute atomic E-state index is 15.9. The average molecular weight is 562 g/mol. The number of fused-ring (bicyclic) bond motifs is 1. The molecule has 2 fully saturated rings. The molecule has 5 rings (SSSR count). The summed E-state index contributed by atoms with van der Waals surface area (Å²) in [5, 5.41) is 10.8. The summed E-state index contributed by atoms with van der Waals surface area (Å²) in [6, 6.07) is 5.35. The van der Waals surface area contributed by atoms with Crippen LogP contribution in [0.15, 0.2) is 41.7 Å². The molecule has 2 saturated heterocycles. The molecule has 4 heterocycles. The van der Waals surface area contributed by atoms with Crippen LogP contribution in [0.4, 0.5) is 10.2 Å². The Labute approximate surface area is 224 Å². The van der Waals surface area contributed by atoms with E-state index in [0.29, 0.717) is 17.0 Å². The molecule has 2 aliphatic rings. The molecular formula is C24H28FN6O7P. The number of aliphatic hydroxyl groups is 1. The summed E-state index contributed by atoms with van der Waals surface area (Å²) in [5.74, 6) is 0.270. The summed E-state index contributed by atoms with van der Waals surface area (Å²) >= 11 is 0. The Balaban J connectivity index is 1.31. The number of ether oxygens (including phenoxy) is 3. The molecule has 0 bridgehead atoms. The van der Waals surface area contributed by atoms with Crippen LogP contribution in [-0.4, -0.2) is 81.3 Å². The van der Waals surface area contributed by atoms with E-state index in [1.807, 2.05) is 0 Å². The molecule has 1 N–H and O–H groups in total. The molecule has 13 nitrogen and oxygen atoms in total. The summed E-state index contributed by atoms with van der Waals surface area (Å²) in [4.78, 5) is 39.0. The predicted molar refractivity (Wildman–Crippen MR) is 135 cm³/mol. The molecule has 1 aromatic carbocycles. The number of para-hydroxylation sites is 2. The van der Waals surface area contributed by atoms with Gasteiger partial charge in [0.2, 0.25) is 5.75 Å². The highest BCUT2D eigenvalue weighted by Crippen LogP contribution is 2.43. The molecule has 0 aliphatic carbocycles. The van der Waals surface area contributed by atoms with E-state index in [0.717, 1.165) is 19.5 Å². The van der Waals surface area contributed by atoms with Gasteiger partial charge in [-0.15, -0.1) is 0 Å². The first-order valence-electron chi connectivity index (χ1n) is 12.3. The van der Waals surface area contributed by atoms with Crippen molar-refractivity contribution in [2.75, 3.05) is 31.7 Å². The number of imidazole rings is 1. The molecule has 0 spiro atoms. The molecule has 39 heavy (non-hydrogen) atoms. The van der Waals surface area contributed by atoms with Crippen LogP contribution in [-0.2, 0) is 14.3 Å². The minimum atomic E-state index is -2.62. The number of aromatic nitrogens is 4. The molecular weight excluding hydrogens is 534 g/mol. The molecule has 0 amide bonds. The number of carbonyl (C=O) groups excluding carboxylic acids is 1. The van der Waals surface area contributed by atoms with Crippen molar-refractivity contribution in [1.29, 1.82) is 0 Å². The predicted octanol–water partition coefficient (Wildman–Crippen LogP) is 1.90. The Hall–Kier alpha value is -3.45. The van der Waals surface area contributed by atoms with Crippen molar-refractivity contribution < 1.29 is 37.9 Å². The lowest BCUT2D eigenvalue weighted by Crippen LogP contribution is -2.41. The smallest absolute Gasteiger partial charge is 0.395 e. The highest BCUT2D eigenvalue weighted by Gasteiger charge is 2.55. The Morgan fingerprint density at radius 2 is 2.08 bits per heavy atom. The van der Waals surface area contributed by atoms with Gasteiger partial charge in [-0.1, -0.05) is 16.9 Å². The average Bonchev–Trinajstić information content (AvgIpc) is 3.40. The zero-order chi connectivity index (χ0) is 27.7. The second-order valence-electron chi connectivity index (χ2n) is 9.39. The second kappa shape index (κ2) is 11.0. The Kier molecular flexibility index (Phi) is 7.63. The van der Waals surface area contributed by atoms with Gasteiger partial charge in [-0.25, -0.2) is 24.1 Å². The third-order valence-electron chi connectivity index (χ3n) is 6.70. The van der Waals surface area contributed by atoms with Crippen molar-refractivity contribution in [3.8, 4) is 11.5 Å². The first-order valence-corrected chi connectivity index (χ1v) is 13.4. The number of anilines is 1. The van der Waals surface area contributed by atoms with Crippen LogP contribution in [0.3, 0.4) is 0 Å². The Morgan fingerprint density at radius 3 is 2.77 bits per heavy atom. The van der Waals surface area contributed by atoms with E-state index >= 15 is 4.39 Å². The molecule has 208 valence electrons. The van der Waals surface area contributed by atoms with Gasteiger partial charge < -0.3 is 29.1 Å². The van der Waals surface area contributed by atoms with Crippen LogP contribution < -0.4 is 19.1 Å². The second-order valence-corrected chi connectivity index (χ2v) is 10.3. The SMILES string of the molecule is COC(=O)C(C)/N=[P+](\[O-])Oc1ccccc1OC[C@H]1OC(n2cnc3c(N4CCC4)ncnc32)[C@](C)(F)[C@@H]1O. The van der Waals surface area contributed by atoms with E-state index in [9.17, 15) is 14.8 Å². The zero-order valence-corrected chi connectivity index (χ0v) is 22.4. The molecule has 0 radical (unpaired) electrons. The van der Waals surface area contributed by atoms with E-state index in [4.69, 9.17) is 14.0 Å². The van der Waals surface area contributed by atoms with E-state index in [1.54, 1.807) is 18.2 Å². The number of alkyl halides is 1. The lowest BCUT2D eigenvalue weighted by molar-refractivity contribution is -0.169. The van der Waals surface area contributed by atoms with Gasteiger partial charge in [0.1, 0.15) is 25.1 Å². The van der Waals surface area contributed by atoms with Crippen LogP contribution in [0.25, 0.3) is 11.2 Å². The fourth-order valence-electron chi connectivity index (χ4n) is 4.40. The largest absolute Gasteiger partial charge is 0.575 e. The molecule has 15 heteroatoms. The van der Waals surface area contributed by atoms with Crippen molar-refractivity contribution in [1.82, 2.24) is 19.5 Å². The third kappa shape index (κ3) is 5.24. The lowest BCUT2D eigenvalue weighted by Gasteiger charge is -2.31. The quantitative estimate of drug-likeness (QED) is 0.300. The highest BCUT2D eigenvalue weighted by atomic mass is 31.1. The molecule has 3 unspecified atom stereocenters. The van der Waals surface area contributed by atoms with Crippen LogP contribution in [0, 0.1) is 0 Å². The maximum Gasteiger partial charge on any atom is 0.395 e. The third-order valence-corrected chi connectivity index (χ3v) is 7.59. The topological polar surface area (TPSA) is 156 Å². The molecule has 2 aromatic heterocycles. The summed E-state index contributed by atoms with van der Waals surface area (Å²) in [6.45, 7) is 4.14. The van der Waals surface area contributed by atoms with Gasteiger partial charge in [0, 0.05) is 13.1 Å². The Morgan fingerprint density at radius 1 is 1.33 bits per heavy atom. The summed E-state index contributed by atoms with van der Waals surface area (Å²) in [7, 11) is -1.42. The first kappa shape index (κ1) is 27.1. The van der Waals surface area contributed by atoms with Gasteiger partial charge in [0.15, 0.2) is 40.7 Å². The van der Waals surface area contributed by atoms with Crippen molar-refractivity contribution >= 4 is 31.1 Å². The molecule has 6 atom stereocenters. The number of hydrogen-bond donors (Lipinski definition) is 1. The van der Waals surface area contributed by atoms with Crippen LogP contribution in [0.5, 0.6) is 11.5 Å². The lowest BCUT2D eigenvalue weighted by atomic mass is 9.98. The fraction of sp³-hybridized carbons (Fsp3) is 0.500. The molecule has 2 aliphatic heterocycles. The zero-order valence-electron chi connectivity index (χ0n) is 21.5. The minimum absolute atomic E-state index is 0.0855. The highest BCUT2D eigenvalue weighted by molar-refractivity contribution is 7.34. The van der Waals surface area contributed by atoms with Gasteiger partial charge in [-0.3, -0.25) is 9.09 Å². The number of nitrogens with zero attached hydrogens (tertiary/aromatic N) is 6. The number of esters is 1. The van der Waals surface area contributed by atoms with E-state index in [-0.39, 0.29) is 18.1 Å². The minimum Gasteiger partial charge on any atom is -0.575 e. The van der Waals surface area contributed by atoms with Gasteiger partial charge in [-0.2, -0.15) is 0 Å². The van der Waals surface area contributed by atoms with Gasteiger partial charge >= 0.3 is 14.1 Å². The first-order chi connectivity index (χ1) is 18.7. The Bertz CT molecular complexity index is 1380. The van der Waals surface area contributed by atoms with Crippen molar-refractivity contribution in [2.24, 2.45) is 4.74 Å². The number of carbonyl (C=O) groups is 1. The molecule has 3 aromatic rings. The monoisotopic (exact) mass is 562 g/mol. The summed E-state index contributed by atoms with van der Waals surface area (Å²) in [6.07, 6.45) is 0.0439. The summed E-state index contributed by atoms with van der Waals surface area (Å²) < 4.78 is 42.8. The van der Waals surface area contributed by atoms with Crippen LogP contribution in [0.1, 0.15) is 26.5 Å². The van der Waals surface area contributed by atoms with Gasteiger partial charge in [-0.05, 0) is 32.4 Å². The van der Waals surface area contributed by atoms with Crippen molar-refractivity contribution in [3.05, 3.63) is 36.9 Å². The number of rotatable bonds is 9. The maximum atomic E-state index is 15.9. The standard InChI is InChI=1S/C24H28FN6O7P/c1-14(22(33)35-3)29-39(34)38-16-8-5-4-7-15(16)36-11-17-19(32)24(2,25)23(37-17)31-13-28-18-20(30-9-6-10-30)26-12-27-21(18)31/h4-5,7-8,12-14,17,19,23,32H,6,9-11H2,1-3H3/t14?,17-,19-,23?,24-/m1/s1. The number of benzene rings is 1. The van der Waals surface area contributed by atoms with Gasteiger partial charge in [0.05, 0.1) is 13.4 Å². The molecule has 0 saturated carbocycles. The fourth-order valence-corrected chi connectivity index (χ4v) is 5.15. The van der Waals surface area contributed by atoms with E-state index < -0.39 is 44.3 Å². The number of aliphatic hydroxyl groups excluding tert-OH is 1. The number of halogens is 1. The normalized spacial score (nSPS) is 25.8.